The molecule has 1 aliphatic rings. The normalized spacial score (nSPS) is 23.4. The van der Waals surface area contributed by atoms with Crippen molar-refractivity contribution in [2.75, 3.05) is 19.4 Å². The van der Waals surface area contributed by atoms with Crippen LogP contribution in [0.1, 0.15) is 24.5 Å². The van der Waals surface area contributed by atoms with E-state index in [0.29, 0.717) is 18.7 Å². The lowest BCUT2D eigenvalue weighted by Crippen LogP contribution is -2.41. The molecule has 0 radical (unpaired) electrons. The Hall–Kier alpha value is -1.11. The average molecular weight is 298 g/mol. The van der Waals surface area contributed by atoms with Gasteiger partial charge in [0.05, 0.1) is 17.8 Å². The lowest BCUT2D eigenvalue weighted by molar-refractivity contribution is 0.102. The molecular formula is C14H22N2O3S. The summed E-state index contributed by atoms with van der Waals surface area (Å²) < 4.78 is 32.3. The molecule has 112 valence electrons. The molecule has 0 aromatic heterocycles. The highest BCUT2D eigenvalue weighted by molar-refractivity contribution is 7.89. The number of hydrogen-bond donors (Lipinski definition) is 1. The van der Waals surface area contributed by atoms with Crippen LogP contribution in [-0.4, -0.2) is 38.5 Å². The lowest BCUT2D eigenvalue weighted by atomic mass is 10.1. The third-order valence-electron chi connectivity index (χ3n) is 4.09. The summed E-state index contributed by atoms with van der Waals surface area (Å²) >= 11 is 0. The van der Waals surface area contributed by atoms with Crippen molar-refractivity contribution in [3.8, 4) is 0 Å². The zero-order valence-corrected chi connectivity index (χ0v) is 13.2. The van der Waals surface area contributed by atoms with Crippen LogP contribution in [0.2, 0.25) is 0 Å². The zero-order chi connectivity index (χ0) is 15.1. The van der Waals surface area contributed by atoms with Crippen LogP contribution in [0.15, 0.2) is 17.0 Å². The van der Waals surface area contributed by atoms with Gasteiger partial charge in [-0.1, -0.05) is 0 Å². The molecule has 0 saturated carbocycles. The van der Waals surface area contributed by atoms with Gasteiger partial charge in [0.25, 0.3) is 0 Å². The van der Waals surface area contributed by atoms with Crippen molar-refractivity contribution < 1.29 is 13.2 Å². The fourth-order valence-corrected chi connectivity index (χ4v) is 4.19. The summed E-state index contributed by atoms with van der Waals surface area (Å²) in [7, 11) is -2.00. The molecule has 1 heterocycles. The number of rotatable bonds is 3. The predicted octanol–water partition coefficient (Wildman–Crippen LogP) is 1.68. The molecule has 5 nitrogen and oxygen atoms in total. The van der Waals surface area contributed by atoms with Gasteiger partial charge in [0, 0.05) is 13.7 Å². The Morgan fingerprint density at radius 2 is 1.90 bits per heavy atom. The maximum Gasteiger partial charge on any atom is 0.245 e. The first-order valence-electron chi connectivity index (χ1n) is 6.71. The van der Waals surface area contributed by atoms with Crippen molar-refractivity contribution in [1.82, 2.24) is 4.31 Å². The van der Waals surface area contributed by atoms with E-state index in [2.05, 4.69) is 0 Å². The molecule has 1 aromatic rings. The number of anilines is 1. The van der Waals surface area contributed by atoms with Gasteiger partial charge in [-0.15, -0.1) is 0 Å². The summed E-state index contributed by atoms with van der Waals surface area (Å²) in [5.74, 6) is 0. The molecule has 1 saturated heterocycles. The van der Waals surface area contributed by atoms with Gasteiger partial charge in [0.2, 0.25) is 10.0 Å². The molecule has 2 rings (SSSR count). The smallest absolute Gasteiger partial charge is 0.245 e. The van der Waals surface area contributed by atoms with E-state index in [9.17, 15) is 8.42 Å². The van der Waals surface area contributed by atoms with Gasteiger partial charge in [-0.25, -0.2) is 8.42 Å². The topological polar surface area (TPSA) is 72.6 Å². The van der Waals surface area contributed by atoms with Gasteiger partial charge in [-0.05, 0) is 50.5 Å². The van der Waals surface area contributed by atoms with E-state index in [1.165, 1.54) is 4.31 Å². The minimum Gasteiger partial charge on any atom is -0.398 e. The number of nitrogens with two attached hydrogens (primary N) is 1. The minimum atomic E-state index is -3.60. The summed E-state index contributed by atoms with van der Waals surface area (Å²) in [4.78, 5) is 0.183. The molecule has 2 N–H and O–H groups in total. The Balaban J connectivity index is 2.42. The van der Waals surface area contributed by atoms with Crippen LogP contribution >= 0.6 is 0 Å². The van der Waals surface area contributed by atoms with Crippen LogP contribution in [0.3, 0.4) is 0 Å². The Morgan fingerprint density at radius 3 is 2.45 bits per heavy atom. The van der Waals surface area contributed by atoms with Crippen LogP contribution in [0.5, 0.6) is 0 Å². The number of likely N-dealkylation sites (N-methyl/N-ethyl adjacent to an activating group) is 1. The highest BCUT2D eigenvalue weighted by Crippen LogP contribution is 2.29. The van der Waals surface area contributed by atoms with Crippen LogP contribution in [0.25, 0.3) is 0 Å². The zero-order valence-electron chi connectivity index (χ0n) is 12.4. The van der Waals surface area contributed by atoms with Gasteiger partial charge in [0.1, 0.15) is 4.90 Å². The molecular weight excluding hydrogens is 276 g/mol. The molecule has 0 spiro atoms. The van der Waals surface area contributed by atoms with Crippen molar-refractivity contribution >= 4 is 15.7 Å². The highest BCUT2D eigenvalue weighted by atomic mass is 32.2. The highest BCUT2D eigenvalue weighted by Gasteiger charge is 2.36. The fourth-order valence-electron chi connectivity index (χ4n) is 2.57. The first-order valence-corrected chi connectivity index (χ1v) is 8.15. The van der Waals surface area contributed by atoms with E-state index in [1.54, 1.807) is 19.2 Å². The van der Waals surface area contributed by atoms with Crippen molar-refractivity contribution in [2.45, 2.75) is 44.2 Å². The number of sulfonamides is 1. The number of nitrogen functional groups attached to an aromatic ring is 1. The monoisotopic (exact) mass is 298 g/mol. The van der Waals surface area contributed by atoms with Crippen LogP contribution in [0, 0.1) is 13.8 Å². The Kier molecular flexibility index (Phi) is 4.09. The molecule has 1 aromatic carbocycles. The van der Waals surface area contributed by atoms with Gasteiger partial charge >= 0.3 is 0 Å². The lowest BCUT2D eigenvalue weighted by Gasteiger charge is -2.26. The summed E-state index contributed by atoms with van der Waals surface area (Å²) in [6.45, 7) is 6.29. The number of benzene rings is 1. The first kappa shape index (κ1) is 15.3. The SMILES string of the molecule is Cc1cc(N)c(S(=O)(=O)N(C)C2CCOC2C)cc1C. The fraction of sp³-hybridized carbons (Fsp3) is 0.571. The minimum absolute atomic E-state index is 0.0949. The largest absolute Gasteiger partial charge is 0.398 e. The third kappa shape index (κ3) is 2.55. The molecule has 0 bridgehead atoms. The molecule has 20 heavy (non-hydrogen) atoms. The second-order valence-corrected chi connectivity index (χ2v) is 7.39. The quantitative estimate of drug-likeness (QED) is 0.862. The van der Waals surface area contributed by atoms with E-state index in [0.717, 1.165) is 11.1 Å². The molecule has 0 amide bonds. The van der Waals surface area contributed by atoms with Gasteiger partial charge < -0.3 is 10.5 Å². The van der Waals surface area contributed by atoms with Crippen molar-refractivity contribution in [3.63, 3.8) is 0 Å². The third-order valence-corrected chi connectivity index (χ3v) is 6.02. The van der Waals surface area contributed by atoms with Gasteiger partial charge in [-0.2, -0.15) is 4.31 Å². The van der Waals surface area contributed by atoms with Crippen molar-refractivity contribution in [3.05, 3.63) is 23.3 Å². The molecule has 0 aliphatic carbocycles. The van der Waals surface area contributed by atoms with E-state index in [4.69, 9.17) is 10.5 Å². The van der Waals surface area contributed by atoms with Gasteiger partial charge in [0.15, 0.2) is 0 Å². The number of ether oxygens (including phenoxy) is 1. The molecule has 2 atom stereocenters. The second-order valence-electron chi connectivity index (χ2n) is 5.43. The summed E-state index contributed by atoms with van der Waals surface area (Å²) in [5, 5.41) is 0. The first-order chi connectivity index (χ1) is 9.25. The van der Waals surface area contributed by atoms with Crippen LogP contribution in [0.4, 0.5) is 5.69 Å². The number of nitrogens with zero attached hydrogens (tertiary/aromatic N) is 1. The van der Waals surface area contributed by atoms with Crippen molar-refractivity contribution in [2.24, 2.45) is 0 Å². The Morgan fingerprint density at radius 1 is 1.30 bits per heavy atom. The van der Waals surface area contributed by atoms with E-state index < -0.39 is 10.0 Å². The second kappa shape index (κ2) is 5.35. The molecule has 6 heteroatoms. The molecule has 1 fully saturated rings. The van der Waals surface area contributed by atoms with Crippen molar-refractivity contribution in [1.29, 1.82) is 0 Å². The predicted molar refractivity (Wildman–Crippen MR) is 79.1 cm³/mol. The summed E-state index contributed by atoms with van der Waals surface area (Å²) in [6, 6.07) is 3.22. The number of hydrogen-bond acceptors (Lipinski definition) is 4. The Labute approximate surface area is 120 Å². The van der Waals surface area contributed by atoms with Crippen LogP contribution < -0.4 is 5.73 Å². The maximum absolute atomic E-state index is 12.7. The molecule has 2 unspecified atom stereocenters. The molecule has 1 aliphatic heterocycles. The van der Waals surface area contributed by atoms with Gasteiger partial charge in [-0.3, -0.25) is 0 Å². The average Bonchev–Trinajstić information content (AvgIpc) is 2.78. The summed E-state index contributed by atoms with van der Waals surface area (Å²) in [6.07, 6.45) is 0.615. The van der Waals surface area contributed by atoms with E-state index >= 15 is 0 Å². The van der Waals surface area contributed by atoms with E-state index in [1.807, 2.05) is 20.8 Å². The van der Waals surface area contributed by atoms with Crippen LogP contribution in [-0.2, 0) is 14.8 Å². The van der Waals surface area contributed by atoms with E-state index in [-0.39, 0.29) is 17.0 Å². The Bertz CT molecular complexity index is 613. The summed E-state index contributed by atoms with van der Waals surface area (Å²) in [5.41, 5.74) is 8.11. The maximum atomic E-state index is 12.7. The number of aryl methyl sites for hydroxylation is 2. The standard InChI is InChI=1S/C14H22N2O3S/c1-9-7-12(15)14(8-10(9)2)20(17,18)16(4)13-5-6-19-11(13)3/h7-8,11,13H,5-6,15H2,1-4H3.